The molecular weight excluding hydrogens is 271 g/mol. The first kappa shape index (κ1) is 13.6. The van der Waals surface area contributed by atoms with Gasteiger partial charge in [-0.1, -0.05) is 6.07 Å². The van der Waals surface area contributed by atoms with Gasteiger partial charge in [0, 0.05) is 25.4 Å². The van der Waals surface area contributed by atoms with Gasteiger partial charge in [-0.05, 0) is 18.6 Å². The van der Waals surface area contributed by atoms with Gasteiger partial charge in [-0.15, -0.1) is 0 Å². The molecule has 21 heavy (non-hydrogen) atoms. The first-order chi connectivity index (χ1) is 10.2. The van der Waals surface area contributed by atoms with Gasteiger partial charge in [-0.25, -0.2) is 4.39 Å². The molecule has 3 rings (SSSR count). The number of halogens is 1. The molecule has 0 spiro atoms. The standard InChI is InChI=1S/C15H15FN4O/c1-20-9-10(8-18-20)15-14(5-6-21-15)19-13-4-2-3-12(16)11(13)7-17/h2-4,8-9,14-15,19H,5-6H2,1H3/t14-,15+/m0/s1. The van der Waals surface area contributed by atoms with Crippen LogP contribution >= 0.6 is 0 Å². The van der Waals surface area contributed by atoms with Gasteiger partial charge < -0.3 is 10.1 Å². The van der Waals surface area contributed by atoms with Crippen molar-refractivity contribution in [2.45, 2.75) is 18.6 Å². The van der Waals surface area contributed by atoms with Crippen molar-refractivity contribution >= 4 is 5.69 Å². The third-order valence-corrected chi connectivity index (χ3v) is 3.61. The zero-order valence-electron chi connectivity index (χ0n) is 11.6. The van der Waals surface area contributed by atoms with E-state index < -0.39 is 5.82 Å². The second kappa shape index (κ2) is 5.54. The highest BCUT2D eigenvalue weighted by atomic mass is 19.1. The molecule has 0 radical (unpaired) electrons. The molecule has 2 aromatic rings. The van der Waals surface area contributed by atoms with Crippen LogP contribution in [0.4, 0.5) is 10.1 Å². The van der Waals surface area contributed by atoms with E-state index in [1.165, 1.54) is 6.07 Å². The highest BCUT2D eigenvalue weighted by molar-refractivity contribution is 5.58. The van der Waals surface area contributed by atoms with Gasteiger partial charge in [0.05, 0.1) is 17.9 Å². The van der Waals surface area contributed by atoms with Crippen molar-refractivity contribution in [1.29, 1.82) is 5.26 Å². The van der Waals surface area contributed by atoms with E-state index in [2.05, 4.69) is 10.4 Å². The molecule has 0 amide bonds. The fraction of sp³-hybridized carbons (Fsp3) is 0.333. The van der Waals surface area contributed by atoms with Gasteiger partial charge in [-0.3, -0.25) is 4.68 Å². The Hall–Kier alpha value is -2.39. The lowest BCUT2D eigenvalue weighted by Gasteiger charge is -2.20. The summed E-state index contributed by atoms with van der Waals surface area (Å²) < 4.78 is 21.1. The highest BCUT2D eigenvalue weighted by Crippen LogP contribution is 2.32. The number of nitrogens with one attached hydrogen (secondary N) is 1. The largest absolute Gasteiger partial charge is 0.378 e. The van der Waals surface area contributed by atoms with Crippen LogP contribution in [0.5, 0.6) is 0 Å². The molecule has 0 saturated carbocycles. The molecule has 2 atom stereocenters. The van der Waals surface area contributed by atoms with Crippen molar-refractivity contribution in [3.63, 3.8) is 0 Å². The van der Waals surface area contributed by atoms with Crippen molar-refractivity contribution < 1.29 is 9.13 Å². The number of ether oxygens (including phenoxy) is 1. The Bertz CT molecular complexity index is 691. The summed E-state index contributed by atoms with van der Waals surface area (Å²) in [7, 11) is 1.85. The van der Waals surface area contributed by atoms with E-state index in [-0.39, 0.29) is 17.7 Å². The number of aryl methyl sites for hydroxylation is 1. The summed E-state index contributed by atoms with van der Waals surface area (Å²) in [5.74, 6) is -0.514. The number of rotatable bonds is 3. The molecule has 1 aromatic carbocycles. The predicted octanol–water partition coefficient (Wildman–Crippen LogP) is 2.37. The Labute approximate surface area is 122 Å². The third-order valence-electron chi connectivity index (χ3n) is 3.61. The van der Waals surface area contributed by atoms with Crippen LogP contribution in [0.3, 0.4) is 0 Å². The molecule has 1 aliphatic heterocycles. The molecule has 5 nitrogen and oxygen atoms in total. The molecule has 0 unspecified atom stereocenters. The molecule has 1 aliphatic rings. The van der Waals surface area contributed by atoms with Crippen LogP contribution in [0.1, 0.15) is 23.7 Å². The van der Waals surface area contributed by atoms with Crippen molar-refractivity contribution in [2.24, 2.45) is 7.05 Å². The van der Waals surface area contributed by atoms with Crippen molar-refractivity contribution in [1.82, 2.24) is 9.78 Å². The summed E-state index contributed by atoms with van der Waals surface area (Å²) in [5.41, 5.74) is 1.51. The molecule has 1 fully saturated rings. The number of hydrogen-bond acceptors (Lipinski definition) is 4. The molecule has 0 aliphatic carbocycles. The maximum Gasteiger partial charge on any atom is 0.143 e. The molecule has 1 saturated heterocycles. The topological polar surface area (TPSA) is 62.9 Å². The Kier molecular flexibility index (Phi) is 3.59. The van der Waals surface area contributed by atoms with Gasteiger partial charge in [-0.2, -0.15) is 10.4 Å². The Morgan fingerprint density at radius 1 is 1.52 bits per heavy atom. The SMILES string of the molecule is Cn1cc([C@H]2OCC[C@@H]2Nc2cccc(F)c2C#N)cn1. The number of nitrogens with zero attached hydrogens (tertiary/aromatic N) is 3. The molecular formula is C15H15FN4O. The molecule has 0 bridgehead atoms. The summed E-state index contributed by atoms with van der Waals surface area (Å²) in [5, 5.41) is 16.5. The molecule has 108 valence electrons. The maximum atomic E-state index is 13.6. The van der Waals surface area contributed by atoms with Crippen molar-refractivity contribution in [3.8, 4) is 6.07 Å². The maximum absolute atomic E-state index is 13.6. The van der Waals surface area contributed by atoms with E-state index in [0.717, 1.165) is 12.0 Å². The summed E-state index contributed by atoms with van der Waals surface area (Å²) in [6.45, 7) is 0.619. The Morgan fingerprint density at radius 3 is 3.10 bits per heavy atom. The minimum Gasteiger partial charge on any atom is -0.378 e. The molecule has 2 heterocycles. The smallest absolute Gasteiger partial charge is 0.143 e. The fourth-order valence-electron chi connectivity index (χ4n) is 2.61. The van der Waals surface area contributed by atoms with E-state index in [4.69, 9.17) is 10.00 Å². The highest BCUT2D eigenvalue weighted by Gasteiger charge is 2.31. The minimum absolute atomic E-state index is 0.0110. The molecule has 1 N–H and O–H groups in total. The van der Waals surface area contributed by atoms with Crippen molar-refractivity contribution in [2.75, 3.05) is 11.9 Å². The quantitative estimate of drug-likeness (QED) is 0.941. The van der Waals surface area contributed by atoms with E-state index in [0.29, 0.717) is 12.3 Å². The number of aromatic nitrogens is 2. The predicted molar refractivity (Wildman–Crippen MR) is 75.0 cm³/mol. The first-order valence-electron chi connectivity index (χ1n) is 6.74. The van der Waals surface area contributed by atoms with Gasteiger partial charge in [0.1, 0.15) is 23.6 Å². The van der Waals surface area contributed by atoms with Crippen LogP contribution in [0.25, 0.3) is 0 Å². The summed E-state index contributed by atoms with van der Waals surface area (Å²) in [6, 6.07) is 6.48. The lowest BCUT2D eigenvalue weighted by atomic mass is 10.0. The second-order valence-electron chi connectivity index (χ2n) is 5.05. The molecule has 6 heteroatoms. The average Bonchev–Trinajstić information content (AvgIpc) is 3.08. The zero-order valence-corrected chi connectivity index (χ0v) is 11.6. The Balaban J connectivity index is 1.84. The zero-order chi connectivity index (χ0) is 14.8. The fourth-order valence-corrected chi connectivity index (χ4v) is 2.61. The lowest BCUT2D eigenvalue weighted by Crippen LogP contribution is -2.23. The molecule has 1 aromatic heterocycles. The van der Waals surface area contributed by atoms with E-state index in [1.807, 2.05) is 19.3 Å². The van der Waals surface area contributed by atoms with Gasteiger partial charge >= 0.3 is 0 Å². The Morgan fingerprint density at radius 2 is 2.38 bits per heavy atom. The van der Waals surface area contributed by atoms with E-state index in [9.17, 15) is 4.39 Å². The number of anilines is 1. The average molecular weight is 286 g/mol. The monoisotopic (exact) mass is 286 g/mol. The van der Waals surface area contributed by atoms with Crippen LogP contribution in [0, 0.1) is 17.1 Å². The van der Waals surface area contributed by atoms with Crippen LogP contribution in [-0.4, -0.2) is 22.4 Å². The van der Waals surface area contributed by atoms with E-state index >= 15 is 0 Å². The number of nitriles is 1. The number of hydrogen-bond donors (Lipinski definition) is 1. The van der Waals surface area contributed by atoms with Crippen LogP contribution in [0.15, 0.2) is 30.6 Å². The lowest BCUT2D eigenvalue weighted by molar-refractivity contribution is 0.107. The summed E-state index contributed by atoms with van der Waals surface area (Å²) >= 11 is 0. The minimum atomic E-state index is -0.514. The third kappa shape index (κ3) is 2.60. The summed E-state index contributed by atoms with van der Waals surface area (Å²) in [6.07, 6.45) is 4.32. The van der Waals surface area contributed by atoms with Crippen molar-refractivity contribution in [3.05, 3.63) is 47.5 Å². The van der Waals surface area contributed by atoms with Gasteiger partial charge in [0.15, 0.2) is 0 Å². The van der Waals surface area contributed by atoms with Crippen LogP contribution < -0.4 is 5.32 Å². The van der Waals surface area contributed by atoms with Gasteiger partial charge in [0.2, 0.25) is 0 Å². The van der Waals surface area contributed by atoms with Gasteiger partial charge in [0.25, 0.3) is 0 Å². The number of benzene rings is 1. The van der Waals surface area contributed by atoms with Crippen LogP contribution in [-0.2, 0) is 11.8 Å². The first-order valence-corrected chi connectivity index (χ1v) is 6.74. The normalized spacial score (nSPS) is 21.2. The second-order valence-corrected chi connectivity index (χ2v) is 5.05. The van der Waals surface area contributed by atoms with E-state index in [1.54, 1.807) is 23.0 Å². The summed E-state index contributed by atoms with van der Waals surface area (Å²) in [4.78, 5) is 0. The van der Waals surface area contributed by atoms with Crippen LogP contribution in [0.2, 0.25) is 0 Å².